The summed E-state index contributed by atoms with van der Waals surface area (Å²) in [7, 11) is 0. The van der Waals surface area contributed by atoms with Gasteiger partial charge in [0.25, 0.3) is 11.8 Å². The zero-order chi connectivity index (χ0) is 12.7. The summed E-state index contributed by atoms with van der Waals surface area (Å²) in [5.41, 5.74) is 0.917. The van der Waals surface area contributed by atoms with Crippen LogP contribution in [0.4, 0.5) is 0 Å². The molecule has 0 saturated carbocycles. The van der Waals surface area contributed by atoms with Crippen molar-refractivity contribution in [2.75, 3.05) is 13.2 Å². The fourth-order valence-electron chi connectivity index (χ4n) is 1.30. The molecule has 2 amide bonds. The number of nitrogens with one attached hydrogen (secondary N) is 1. The zero-order valence-electron chi connectivity index (χ0n) is 9.05. The molecule has 6 nitrogen and oxygen atoms in total. The van der Waals surface area contributed by atoms with E-state index in [9.17, 15) is 14.5 Å². The maximum atomic E-state index is 11.5. The third kappa shape index (κ3) is 4.12. The van der Waals surface area contributed by atoms with E-state index in [1.54, 1.807) is 18.2 Å². The van der Waals surface area contributed by atoms with Gasteiger partial charge in [0.1, 0.15) is 0 Å². The molecule has 0 aromatic heterocycles. The lowest BCUT2D eigenvalue weighted by Gasteiger charge is -2.04. The maximum Gasteiger partial charge on any atom is 0.290 e. The van der Waals surface area contributed by atoms with Gasteiger partial charge < -0.3 is 10.4 Å². The summed E-state index contributed by atoms with van der Waals surface area (Å²) in [5.74, 6) is -1.12. The Bertz CT molecular complexity index is 431. The zero-order valence-corrected chi connectivity index (χ0v) is 9.05. The molecule has 1 rings (SSSR count). The third-order valence-electron chi connectivity index (χ3n) is 2.04. The Morgan fingerprint density at radius 1 is 1.35 bits per heavy atom. The van der Waals surface area contributed by atoms with Gasteiger partial charge in [-0.25, -0.2) is 0 Å². The number of aliphatic hydroxyl groups excluding tert-OH is 1. The molecule has 90 valence electrons. The molecule has 17 heavy (non-hydrogen) atoms. The number of rotatable bonds is 5. The van der Waals surface area contributed by atoms with Crippen LogP contribution in [0.3, 0.4) is 0 Å². The second-order valence-electron chi connectivity index (χ2n) is 3.34. The first-order chi connectivity index (χ1) is 8.17. The van der Waals surface area contributed by atoms with E-state index in [1.807, 2.05) is 0 Å². The number of nitrogens with zero attached hydrogens (tertiary/aromatic N) is 1. The van der Waals surface area contributed by atoms with Crippen LogP contribution in [-0.4, -0.2) is 30.1 Å². The molecule has 0 aliphatic carbocycles. The molecule has 0 radical (unpaired) electrons. The predicted octanol–water partition coefficient (Wildman–Crippen LogP) is 0.244. The molecule has 0 heterocycles. The topological polar surface area (TPSA) is 95.8 Å². The van der Waals surface area contributed by atoms with Gasteiger partial charge in [-0.1, -0.05) is 12.1 Å². The van der Waals surface area contributed by atoms with Crippen LogP contribution >= 0.6 is 0 Å². The monoisotopic (exact) mass is 236 g/mol. The van der Waals surface area contributed by atoms with Gasteiger partial charge in [0.05, 0.1) is 13.0 Å². The van der Waals surface area contributed by atoms with Gasteiger partial charge in [-0.3, -0.25) is 9.59 Å². The number of benzene rings is 1. The van der Waals surface area contributed by atoms with Gasteiger partial charge >= 0.3 is 0 Å². The summed E-state index contributed by atoms with van der Waals surface area (Å²) in [4.78, 5) is 32.3. The SMILES string of the molecule is O=NC(=O)Cc1cccc(C(=O)NCCO)c1. The summed E-state index contributed by atoms with van der Waals surface area (Å²) < 4.78 is 0. The smallest absolute Gasteiger partial charge is 0.290 e. The van der Waals surface area contributed by atoms with E-state index in [0.717, 1.165) is 0 Å². The molecule has 2 N–H and O–H groups in total. The number of nitroso groups, excluding NO2 is 1. The highest BCUT2D eigenvalue weighted by molar-refractivity contribution is 5.94. The van der Waals surface area contributed by atoms with Crippen molar-refractivity contribution < 1.29 is 14.7 Å². The Morgan fingerprint density at radius 2 is 2.12 bits per heavy atom. The predicted molar refractivity (Wildman–Crippen MR) is 60.4 cm³/mol. The van der Waals surface area contributed by atoms with E-state index >= 15 is 0 Å². The first-order valence-electron chi connectivity index (χ1n) is 5.01. The van der Waals surface area contributed by atoms with Crippen LogP contribution in [-0.2, 0) is 11.2 Å². The van der Waals surface area contributed by atoms with Gasteiger partial charge in [0.2, 0.25) is 0 Å². The molecule has 0 bridgehead atoms. The number of carbonyl (C=O) groups excluding carboxylic acids is 2. The second-order valence-corrected chi connectivity index (χ2v) is 3.34. The van der Waals surface area contributed by atoms with Gasteiger partial charge in [-0.2, -0.15) is 0 Å². The molecule has 1 aromatic rings. The van der Waals surface area contributed by atoms with E-state index < -0.39 is 5.91 Å². The van der Waals surface area contributed by atoms with Crippen molar-refractivity contribution >= 4 is 11.8 Å². The molecular weight excluding hydrogens is 224 g/mol. The van der Waals surface area contributed by atoms with Crippen LogP contribution in [0.1, 0.15) is 15.9 Å². The van der Waals surface area contributed by atoms with Crippen molar-refractivity contribution in [1.82, 2.24) is 5.32 Å². The first kappa shape index (κ1) is 13.0. The van der Waals surface area contributed by atoms with E-state index in [1.165, 1.54) is 6.07 Å². The number of aliphatic hydroxyl groups is 1. The fourth-order valence-corrected chi connectivity index (χ4v) is 1.30. The van der Waals surface area contributed by atoms with Crippen molar-refractivity contribution in [2.45, 2.75) is 6.42 Å². The van der Waals surface area contributed by atoms with Crippen LogP contribution in [0.5, 0.6) is 0 Å². The standard InChI is InChI=1S/C11H12N2O4/c14-5-4-12-11(16)9-3-1-2-8(6-9)7-10(15)13-17/h1-3,6,14H,4-5,7H2,(H,12,16). The molecule has 1 aromatic carbocycles. The highest BCUT2D eigenvalue weighted by Gasteiger charge is 2.08. The van der Waals surface area contributed by atoms with Crippen molar-refractivity contribution in [2.24, 2.45) is 5.18 Å². The summed E-state index contributed by atoms with van der Waals surface area (Å²) in [6, 6.07) is 6.33. The lowest BCUT2D eigenvalue weighted by atomic mass is 10.1. The van der Waals surface area contributed by atoms with Crippen molar-refractivity contribution in [3.8, 4) is 0 Å². The van der Waals surface area contributed by atoms with Crippen molar-refractivity contribution in [3.05, 3.63) is 40.3 Å². The quantitative estimate of drug-likeness (QED) is 0.716. The van der Waals surface area contributed by atoms with Crippen LogP contribution in [0.25, 0.3) is 0 Å². The van der Waals surface area contributed by atoms with E-state index in [-0.39, 0.29) is 25.5 Å². The fraction of sp³-hybridized carbons (Fsp3) is 0.273. The highest BCUT2D eigenvalue weighted by atomic mass is 16.3. The van der Waals surface area contributed by atoms with Gasteiger partial charge in [-0.05, 0) is 17.7 Å². The van der Waals surface area contributed by atoms with E-state index in [4.69, 9.17) is 5.11 Å². The van der Waals surface area contributed by atoms with Crippen molar-refractivity contribution in [3.63, 3.8) is 0 Å². The summed E-state index contributed by atoms with van der Waals surface area (Å²) >= 11 is 0. The Balaban J connectivity index is 2.74. The minimum Gasteiger partial charge on any atom is -0.395 e. The number of amides is 2. The molecule has 0 fully saturated rings. The van der Waals surface area contributed by atoms with Gasteiger partial charge in [0, 0.05) is 17.3 Å². The Kier molecular flexibility index (Phi) is 4.96. The van der Waals surface area contributed by atoms with Crippen LogP contribution < -0.4 is 5.32 Å². The van der Waals surface area contributed by atoms with Crippen LogP contribution in [0, 0.1) is 4.91 Å². The summed E-state index contributed by atoms with van der Waals surface area (Å²) in [5, 5.41) is 13.3. The summed E-state index contributed by atoms with van der Waals surface area (Å²) in [6.07, 6.45) is -0.120. The van der Waals surface area contributed by atoms with Crippen LogP contribution in [0.15, 0.2) is 29.4 Å². The molecule has 0 saturated heterocycles. The normalized spacial score (nSPS) is 9.71. The largest absolute Gasteiger partial charge is 0.395 e. The van der Waals surface area contributed by atoms with E-state index in [2.05, 4.69) is 10.5 Å². The highest BCUT2D eigenvalue weighted by Crippen LogP contribution is 2.06. The molecular formula is C11H12N2O4. The summed E-state index contributed by atoms with van der Waals surface area (Å²) in [6.45, 7) is 0.0247. The molecule has 0 atom stereocenters. The molecule has 6 heteroatoms. The number of hydrogen-bond donors (Lipinski definition) is 2. The van der Waals surface area contributed by atoms with Gasteiger partial charge in [-0.15, -0.1) is 4.91 Å². The Hall–Kier alpha value is -2.08. The maximum absolute atomic E-state index is 11.5. The second kappa shape index (κ2) is 6.49. The van der Waals surface area contributed by atoms with Gasteiger partial charge in [0.15, 0.2) is 0 Å². The van der Waals surface area contributed by atoms with Crippen molar-refractivity contribution in [1.29, 1.82) is 0 Å². The minimum atomic E-state index is -0.780. The Morgan fingerprint density at radius 3 is 2.76 bits per heavy atom. The lowest BCUT2D eigenvalue weighted by Crippen LogP contribution is -2.26. The molecule has 0 aliphatic rings. The lowest BCUT2D eigenvalue weighted by molar-refractivity contribution is -0.117. The first-order valence-corrected chi connectivity index (χ1v) is 5.01. The average Bonchev–Trinajstić information content (AvgIpc) is 2.36. The third-order valence-corrected chi connectivity index (χ3v) is 2.04. The van der Waals surface area contributed by atoms with E-state index in [0.29, 0.717) is 11.1 Å². The number of carbonyl (C=O) groups is 2. The number of hydrogen-bond acceptors (Lipinski definition) is 4. The molecule has 0 unspecified atom stereocenters. The molecule has 0 spiro atoms. The Labute approximate surface area is 97.6 Å². The minimum absolute atomic E-state index is 0.120. The average molecular weight is 236 g/mol. The van der Waals surface area contributed by atoms with Crippen LogP contribution in [0.2, 0.25) is 0 Å². The molecule has 0 aliphatic heterocycles.